The lowest BCUT2D eigenvalue weighted by Gasteiger charge is -2.45. The van der Waals surface area contributed by atoms with Crippen LogP contribution in [0.1, 0.15) is 27.2 Å². The van der Waals surface area contributed by atoms with E-state index in [2.05, 4.69) is 6.07 Å². The molecule has 0 aromatic rings. The van der Waals surface area contributed by atoms with Gasteiger partial charge in [0.25, 0.3) is 0 Å². The molecule has 0 aliphatic carbocycles. The fourth-order valence-corrected chi connectivity index (χ4v) is 1.90. The van der Waals surface area contributed by atoms with Gasteiger partial charge in [0.1, 0.15) is 0 Å². The van der Waals surface area contributed by atoms with E-state index in [1.807, 2.05) is 6.92 Å². The number of ether oxygens (including phenoxy) is 1. The van der Waals surface area contributed by atoms with Gasteiger partial charge in [-0.05, 0) is 13.8 Å². The quantitative estimate of drug-likeness (QED) is 0.667. The predicted molar refractivity (Wildman–Crippen MR) is 48.9 cm³/mol. The van der Waals surface area contributed by atoms with Gasteiger partial charge in [0.15, 0.2) is 0 Å². The van der Waals surface area contributed by atoms with Gasteiger partial charge in [0.05, 0.1) is 23.7 Å². The summed E-state index contributed by atoms with van der Waals surface area (Å²) < 4.78 is 5.25. The lowest BCUT2D eigenvalue weighted by atomic mass is 9.67. The molecule has 2 atom stereocenters. The molecule has 0 radical (unpaired) electrons. The topological polar surface area (TPSA) is 53.2 Å². The molecule has 0 saturated carbocycles. The van der Waals surface area contributed by atoms with Gasteiger partial charge < -0.3 is 9.84 Å². The van der Waals surface area contributed by atoms with Crippen molar-refractivity contribution in [2.45, 2.75) is 32.8 Å². The Bertz CT molecular complexity index is 232. The summed E-state index contributed by atoms with van der Waals surface area (Å²) in [6, 6.07) is 2.18. The highest BCUT2D eigenvalue weighted by Gasteiger charge is 2.49. The average molecular weight is 183 g/mol. The lowest BCUT2D eigenvalue weighted by molar-refractivity contribution is -0.151. The first-order valence-corrected chi connectivity index (χ1v) is 4.65. The summed E-state index contributed by atoms with van der Waals surface area (Å²) >= 11 is 0. The SMILES string of the molecule is CC1COCCC1(O)C(C)(C)C#N. The summed E-state index contributed by atoms with van der Waals surface area (Å²) in [6.07, 6.45) is 0.550. The van der Waals surface area contributed by atoms with E-state index in [-0.39, 0.29) is 5.92 Å². The molecule has 0 aromatic heterocycles. The second-order valence-electron chi connectivity index (χ2n) is 4.39. The molecule has 1 rings (SSSR count). The van der Waals surface area contributed by atoms with Crippen LogP contribution in [0.4, 0.5) is 0 Å². The molecule has 3 nitrogen and oxygen atoms in total. The minimum Gasteiger partial charge on any atom is -0.388 e. The van der Waals surface area contributed by atoms with Crippen molar-refractivity contribution in [2.24, 2.45) is 11.3 Å². The lowest BCUT2D eigenvalue weighted by Crippen LogP contribution is -2.53. The molecule has 0 bridgehead atoms. The molecular formula is C10H17NO2. The first-order chi connectivity index (χ1) is 5.94. The van der Waals surface area contributed by atoms with Gasteiger partial charge in [-0.25, -0.2) is 0 Å². The van der Waals surface area contributed by atoms with Crippen LogP contribution >= 0.6 is 0 Å². The molecule has 2 unspecified atom stereocenters. The van der Waals surface area contributed by atoms with Crippen LogP contribution in [0.15, 0.2) is 0 Å². The van der Waals surface area contributed by atoms with Crippen LogP contribution in [0.3, 0.4) is 0 Å². The summed E-state index contributed by atoms with van der Waals surface area (Å²) in [7, 11) is 0. The summed E-state index contributed by atoms with van der Waals surface area (Å²) in [5.41, 5.74) is -1.60. The molecule has 1 saturated heterocycles. The van der Waals surface area contributed by atoms with Crippen molar-refractivity contribution in [3.8, 4) is 6.07 Å². The van der Waals surface area contributed by atoms with Crippen molar-refractivity contribution in [3.63, 3.8) is 0 Å². The minimum absolute atomic E-state index is 0.0240. The van der Waals surface area contributed by atoms with Gasteiger partial charge in [-0.2, -0.15) is 5.26 Å². The highest BCUT2D eigenvalue weighted by molar-refractivity contribution is 5.09. The second-order valence-corrected chi connectivity index (χ2v) is 4.39. The van der Waals surface area contributed by atoms with Crippen LogP contribution < -0.4 is 0 Å². The Morgan fingerprint density at radius 3 is 2.69 bits per heavy atom. The molecule has 1 aliphatic heterocycles. The van der Waals surface area contributed by atoms with E-state index in [0.717, 1.165) is 0 Å². The van der Waals surface area contributed by atoms with Crippen molar-refractivity contribution in [1.82, 2.24) is 0 Å². The molecule has 1 aliphatic rings. The minimum atomic E-state index is -0.903. The van der Waals surface area contributed by atoms with E-state index in [0.29, 0.717) is 19.6 Å². The summed E-state index contributed by atoms with van der Waals surface area (Å²) in [5.74, 6) is 0.0240. The zero-order valence-corrected chi connectivity index (χ0v) is 8.50. The zero-order chi connectivity index (χ0) is 10.1. The van der Waals surface area contributed by atoms with Crippen LogP contribution in [0.2, 0.25) is 0 Å². The molecule has 1 fully saturated rings. The number of nitrogens with zero attached hydrogens (tertiary/aromatic N) is 1. The Morgan fingerprint density at radius 1 is 1.62 bits per heavy atom. The predicted octanol–water partition coefficient (Wildman–Crippen LogP) is 1.32. The Hall–Kier alpha value is -0.590. The highest BCUT2D eigenvalue weighted by atomic mass is 16.5. The van der Waals surface area contributed by atoms with Crippen LogP contribution in [0, 0.1) is 22.7 Å². The Balaban J connectivity index is 2.91. The fourth-order valence-electron chi connectivity index (χ4n) is 1.90. The van der Waals surface area contributed by atoms with Gasteiger partial charge in [-0.1, -0.05) is 6.92 Å². The maximum atomic E-state index is 10.4. The van der Waals surface area contributed by atoms with Gasteiger partial charge in [0.2, 0.25) is 0 Å². The monoisotopic (exact) mass is 183 g/mol. The first-order valence-electron chi connectivity index (χ1n) is 4.65. The summed E-state index contributed by atoms with van der Waals surface area (Å²) in [4.78, 5) is 0. The number of rotatable bonds is 1. The third kappa shape index (κ3) is 1.56. The Morgan fingerprint density at radius 2 is 2.23 bits per heavy atom. The van der Waals surface area contributed by atoms with Gasteiger partial charge >= 0.3 is 0 Å². The molecular weight excluding hydrogens is 166 g/mol. The van der Waals surface area contributed by atoms with E-state index in [9.17, 15) is 5.11 Å². The molecule has 1 N–H and O–H groups in total. The molecule has 74 valence electrons. The Kier molecular flexibility index (Phi) is 2.65. The van der Waals surface area contributed by atoms with Crippen molar-refractivity contribution < 1.29 is 9.84 Å². The second kappa shape index (κ2) is 3.28. The summed E-state index contributed by atoms with van der Waals surface area (Å²) in [6.45, 7) is 6.59. The van der Waals surface area contributed by atoms with Crippen molar-refractivity contribution in [3.05, 3.63) is 0 Å². The normalized spacial score (nSPS) is 35.5. The first kappa shape index (κ1) is 10.5. The van der Waals surface area contributed by atoms with Crippen LogP contribution in [0.5, 0.6) is 0 Å². The zero-order valence-electron chi connectivity index (χ0n) is 8.50. The van der Waals surface area contributed by atoms with Crippen molar-refractivity contribution >= 4 is 0 Å². The molecule has 0 aromatic carbocycles. The number of hydrogen-bond donors (Lipinski definition) is 1. The number of hydrogen-bond acceptors (Lipinski definition) is 3. The third-order valence-electron chi connectivity index (χ3n) is 3.17. The molecule has 1 heterocycles. The van der Waals surface area contributed by atoms with Gasteiger partial charge in [0, 0.05) is 18.9 Å². The summed E-state index contributed by atoms with van der Waals surface area (Å²) in [5, 5.41) is 19.3. The standard InChI is InChI=1S/C10H17NO2/c1-8-6-13-5-4-10(8,12)9(2,3)7-11/h8,12H,4-6H2,1-3H3. The van der Waals surface area contributed by atoms with Gasteiger partial charge in [-0.15, -0.1) is 0 Å². The van der Waals surface area contributed by atoms with E-state index in [4.69, 9.17) is 10.00 Å². The molecule has 3 heteroatoms. The largest absolute Gasteiger partial charge is 0.388 e. The maximum absolute atomic E-state index is 10.4. The molecule has 0 spiro atoms. The van der Waals surface area contributed by atoms with Crippen LogP contribution in [-0.2, 0) is 4.74 Å². The van der Waals surface area contributed by atoms with Crippen molar-refractivity contribution in [1.29, 1.82) is 5.26 Å². The van der Waals surface area contributed by atoms with E-state index in [1.165, 1.54) is 0 Å². The third-order valence-corrected chi connectivity index (χ3v) is 3.17. The van der Waals surface area contributed by atoms with E-state index < -0.39 is 11.0 Å². The van der Waals surface area contributed by atoms with Crippen molar-refractivity contribution in [2.75, 3.05) is 13.2 Å². The van der Waals surface area contributed by atoms with E-state index >= 15 is 0 Å². The maximum Gasteiger partial charge on any atom is 0.0897 e. The smallest absolute Gasteiger partial charge is 0.0897 e. The van der Waals surface area contributed by atoms with E-state index in [1.54, 1.807) is 13.8 Å². The highest BCUT2D eigenvalue weighted by Crippen LogP contribution is 2.41. The van der Waals surface area contributed by atoms with Gasteiger partial charge in [-0.3, -0.25) is 0 Å². The number of nitriles is 1. The van der Waals surface area contributed by atoms with Crippen LogP contribution in [0.25, 0.3) is 0 Å². The number of aliphatic hydroxyl groups is 1. The average Bonchev–Trinajstić information content (AvgIpc) is 2.10. The Labute approximate surface area is 79.3 Å². The fraction of sp³-hybridized carbons (Fsp3) is 0.900. The van der Waals surface area contributed by atoms with Crippen LogP contribution in [-0.4, -0.2) is 23.9 Å². The molecule has 13 heavy (non-hydrogen) atoms. The molecule has 0 amide bonds.